The first-order valence-electron chi connectivity index (χ1n) is 3.26. The molecule has 0 atom stereocenters. The third kappa shape index (κ3) is 1.62. The lowest BCUT2D eigenvalue weighted by atomic mass is 10.4. The highest BCUT2D eigenvalue weighted by molar-refractivity contribution is 5.32. The fourth-order valence-corrected chi connectivity index (χ4v) is 0.741. The van der Waals surface area contributed by atoms with E-state index in [-0.39, 0.29) is 5.56 Å². The van der Waals surface area contributed by atoms with E-state index in [0.29, 0.717) is 0 Å². The summed E-state index contributed by atoms with van der Waals surface area (Å²) in [5.41, 5.74) is -0.0709. The molecule has 0 unspecified atom stereocenters. The van der Waals surface area contributed by atoms with Crippen LogP contribution in [0.4, 0.5) is 5.82 Å². The first-order chi connectivity index (χ1) is 4.83. The number of aromatic nitrogens is 1. The molecule has 0 aliphatic heterocycles. The predicted molar refractivity (Wildman–Crippen MR) is 41.2 cm³/mol. The van der Waals surface area contributed by atoms with E-state index in [4.69, 9.17) is 0 Å². The van der Waals surface area contributed by atoms with E-state index in [9.17, 15) is 4.79 Å². The Morgan fingerprint density at radius 2 is 2.40 bits per heavy atom. The molecule has 0 saturated carbocycles. The molecule has 0 spiro atoms. The number of hydrogen-bond donors (Lipinski definition) is 2. The van der Waals surface area contributed by atoms with Gasteiger partial charge in [0.15, 0.2) is 0 Å². The molecular formula is C7H10N2O. The molecule has 0 saturated heterocycles. The van der Waals surface area contributed by atoms with E-state index >= 15 is 0 Å². The van der Waals surface area contributed by atoms with Gasteiger partial charge in [-0.2, -0.15) is 0 Å². The summed E-state index contributed by atoms with van der Waals surface area (Å²) < 4.78 is 0. The van der Waals surface area contributed by atoms with E-state index in [0.717, 1.165) is 12.4 Å². The van der Waals surface area contributed by atoms with Crippen LogP contribution in [0.3, 0.4) is 0 Å². The zero-order valence-electron chi connectivity index (χ0n) is 5.85. The van der Waals surface area contributed by atoms with E-state index < -0.39 is 0 Å². The van der Waals surface area contributed by atoms with Crippen LogP contribution in [0.15, 0.2) is 23.0 Å². The van der Waals surface area contributed by atoms with Crippen molar-refractivity contribution in [2.24, 2.45) is 0 Å². The molecule has 1 aromatic heterocycles. The third-order valence-corrected chi connectivity index (χ3v) is 1.14. The van der Waals surface area contributed by atoms with Crippen molar-refractivity contribution >= 4 is 5.82 Å². The second-order valence-electron chi connectivity index (χ2n) is 1.96. The van der Waals surface area contributed by atoms with Gasteiger partial charge in [-0.15, -0.1) is 0 Å². The minimum atomic E-state index is -0.0709. The predicted octanol–water partition coefficient (Wildman–Crippen LogP) is 0.807. The number of anilines is 1. The van der Waals surface area contributed by atoms with Gasteiger partial charge in [0.1, 0.15) is 5.82 Å². The van der Waals surface area contributed by atoms with Crippen LogP contribution in [0.2, 0.25) is 0 Å². The number of pyridine rings is 1. The zero-order valence-corrected chi connectivity index (χ0v) is 5.85. The number of aromatic amines is 1. The Kier molecular flexibility index (Phi) is 2.10. The molecule has 0 amide bonds. The minimum absolute atomic E-state index is 0.0709. The van der Waals surface area contributed by atoms with Crippen molar-refractivity contribution in [2.75, 3.05) is 11.9 Å². The Hall–Kier alpha value is -1.25. The minimum Gasteiger partial charge on any atom is -0.372 e. The largest absolute Gasteiger partial charge is 0.372 e. The molecule has 1 heterocycles. The van der Waals surface area contributed by atoms with E-state index in [2.05, 4.69) is 10.3 Å². The second kappa shape index (κ2) is 3.06. The van der Waals surface area contributed by atoms with Crippen molar-refractivity contribution < 1.29 is 0 Å². The van der Waals surface area contributed by atoms with Crippen LogP contribution in [-0.2, 0) is 0 Å². The summed E-state index contributed by atoms with van der Waals surface area (Å²) >= 11 is 0. The topological polar surface area (TPSA) is 44.9 Å². The number of rotatable bonds is 2. The van der Waals surface area contributed by atoms with Crippen molar-refractivity contribution in [1.82, 2.24) is 4.98 Å². The molecule has 10 heavy (non-hydrogen) atoms. The van der Waals surface area contributed by atoms with Gasteiger partial charge in [-0.05, 0) is 13.0 Å². The normalized spacial score (nSPS) is 9.30. The Bertz CT molecular complexity index is 254. The number of nitrogens with one attached hydrogen (secondary N) is 2. The van der Waals surface area contributed by atoms with Crippen molar-refractivity contribution in [2.45, 2.75) is 6.92 Å². The summed E-state index contributed by atoms with van der Waals surface area (Å²) in [4.78, 5) is 13.3. The van der Waals surface area contributed by atoms with Crippen molar-refractivity contribution in [3.05, 3.63) is 28.6 Å². The fraction of sp³-hybridized carbons (Fsp3) is 0.286. The van der Waals surface area contributed by atoms with Gasteiger partial charge in [0.2, 0.25) is 5.56 Å². The van der Waals surface area contributed by atoms with E-state index in [1.165, 1.54) is 6.07 Å². The van der Waals surface area contributed by atoms with Crippen LogP contribution >= 0.6 is 0 Å². The van der Waals surface area contributed by atoms with Gasteiger partial charge in [0.05, 0.1) is 0 Å². The SMILES string of the molecule is CCNc1cccc(=O)[nH]1. The first-order valence-corrected chi connectivity index (χ1v) is 3.26. The van der Waals surface area contributed by atoms with Crippen molar-refractivity contribution in [3.8, 4) is 0 Å². The highest BCUT2D eigenvalue weighted by atomic mass is 16.1. The molecule has 0 bridgehead atoms. The zero-order chi connectivity index (χ0) is 7.40. The number of H-pyrrole nitrogens is 1. The van der Waals surface area contributed by atoms with Gasteiger partial charge in [0.25, 0.3) is 0 Å². The molecule has 0 fully saturated rings. The molecule has 1 rings (SSSR count). The molecule has 0 aromatic carbocycles. The summed E-state index contributed by atoms with van der Waals surface area (Å²) in [5.74, 6) is 0.773. The van der Waals surface area contributed by atoms with Gasteiger partial charge >= 0.3 is 0 Å². The smallest absolute Gasteiger partial charge is 0.249 e. The lowest BCUT2D eigenvalue weighted by molar-refractivity contribution is 1.14. The van der Waals surface area contributed by atoms with Crippen LogP contribution in [0.1, 0.15) is 6.92 Å². The van der Waals surface area contributed by atoms with E-state index in [1.807, 2.05) is 13.0 Å². The Balaban J connectivity index is 2.85. The van der Waals surface area contributed by atoms with Gasteiger partial charge in [0, 0.05) is 12.6 Å². The lowest BCUT2D eigenvalue weighted by Gasteiger charge is -1.99. The van der Waals surface area contributed by atoms with Crippen molar-refractivity contribution in [3.63, 3.8) is 0 Å². The first kappa shape index (κ1) is 6.86. The Labute approximate surface area is 59.1 Å². The molecule has 3 heteroatoms. The Morgan fingerprint density at radius 3 is 3.00 bits per heavy atom. The second-order valence-corrected chi connectivity index (χ2v) is 1.96. The van der Waals surface area contributed by atoms with E-state index in [1.54, 1.807) is 6.07 Å². The fourth-order valence-electron chi connectivity index (χ4n) is 0.741. The van der Waals surface area contributed by atoms with Crippen LogP contribution in [0, 0.1) is 0 Å². The van der Waals surface area contributed by atoms with Crippen LogP contribution in [-0.4, -0.2) is 11.5 Å². The molecule has 2 N–H and O–H groups in total. The lowest BCUT2D eigenvalue weighted by Crippen LogP contribution is -2.07. The van der Waals surface area contributed by atoms with Gasteiger partial charge in [-0.3, -0.25) is 4.79 Å². The van der Waals surface area contributed by atoms with Crippen LogP contribution < -0.4 is 10.9 Å². The number of hydrogen-bond acceptors (Lipinski definition) is 2. The third-order valence-electron chi connectivity index (χ3n) is 1.14. The molecule has 1 aromatic rings. The highest BCUT2D eigenvalue weighted by Gasteiger charge is 1.86. The average Bonchev–Trinajstić information content (AvgIpc) is 1.88. The summed E-state index contributed by atoms with van der Waals surface area (Å²) in [7, 11) is 0. The molecule has 0 aliphatic carbocycles. The molecule has 0 radical (unpaired) electrons. The molecular weight excluding hydrogens is 128 g/mol. The highest BCUT2D eigenvalue weighted by Crippen LogP contribution is 1.94. The average molecular weight is 138 g/mol. The quantitative estimate of drug-likeness (QED) is 0.635. The maximum Gasteiger partial charge on any atom is 0.249 e. The summed E-state index contributed by atoms with van der Waals surface area (Å²) in [6, 6.07) is 5.03. The molecule has 3 nitrogen and oxygen atoms in total. The maximum atomic E-state index is 10.7. The monoisotopic (exact) mass is 138 g/mol. The molecule has 54 valence electrons. The summed E-state index contributed by atoms with van der Waals surface area (Å²) in [6.07, 6.45) is 0. The summed E-state index contributed by atoms with van der Waals surface area (Å²) in [5, 5.41) is 2.99. The molecule has 0 aliphatic rings. The Morgan fingerprint density at radius 1 is 1.60 bits per heavy atom. The standard InChI is InChI=1S/C7H10N2O/c1-2-8-6-4-3-5-7(10)9-6/h3-5H,2H2,1H3,(H2,8,9,10). The summed E-state index contributed by atoms with van der Waals surface area (Å²) in [6.45, 7) is 2.80. The van der Waals surface area contributed by atoms with Crippen LogP contribution in [0.25, 0.3) is 0 Å². The maximum absolute atomic E-state index is 10.7. The van der Waals surface area contributed by atoms with Crippen molar-refractivity contribution in [1.29, 1.82) is 0 Å². The van der Waals surface area contributed by atoms with Gasteiger partial charge in [-0.25, -0.2) is 0 Å². The van der Waals surface area contributed by atoms with Crippen LogP contribution in [0.5, 0.6) is 0 Å². The van der Waals surface area contributed by atoms with Gasteiger partial charge in [-0.1, -0.05) is 6.07 Å². The van der Waals surface area contributed by atoms with Gasteiger partial charge < -0.3 is 10.3 Å².